The Morgan fingerprint density at radius 2 is 1.83 bits per heavy atom. The fourth-order valence-electron chi connectivity index (χ4n) is 3.92. The first-order chi connectivity index (χ1) is 14.1. The molecule has 1 N–H and O–H groups in total. The zero-order valence-electron chi connectivity index (χ0n) is 16.1. The van der Waals surface area contributed by atoms with Crippen LogP contribution in [0.4, 0.5) is 0 Å². The normalized spacial score (nSPS) is 13.5. The highest BCUT2D eigenvalue weighted by atomic mass is 16.2. The number of hydrogen-bond donors (Lipinski definition) is 1. The number of aromatic amines is 1. The lowest BCUT2D eigenvalue weighted by Crippen LogP contribution is -2.40. The Morgan fingerprint density at radius 3 is 2.62 bits per heavy atom. The molecule has 0 aliphatic carbocycles. The maximum Gasteiger partial charge on any atom is 0.276 e. The third-order valence-electron chi connectivity index (χ3n) is 5.51. The second-order valence-electron chi connectivity index (χ2n) is 7.36. The van der Waals surface area contributed by atoms with Gasteiger partial charge >= 0.3 is 0 Å². The summed E-state index contributed by atoms with van der Waals surface area (Å²) in [5.41, 5.74) is 5.32. The Balaban J connectivity index is 1.53. The highest BCUT2D eigenvalue weighted by molar-refractivity contribution is 5.95. The van der Waals surface area contributed by atoms with E-state index in [0.29, 0.717) is 42.0 Å². The summed E-state index contributed by atoms with van der Waals surface area (Å²) in [6.07, 6.45) is 0.501. The van der Waals surface area contributed by atoms with Gasteiger partial charge in [0.2, 0.25) is 0 Å². The largest absolute Gasteiger partial charge is 0.332 e. The monoisotopic (exact) mass is 384 g/mol. The summed E-state index contributed by atoms with van der Waals surface area (Å²) in [5, 5.41) is 3.16. The van der Waals surface area contributed by atoms with Crippen LogP contribution in [0.15, 0.2) is 65.5 Å². The van der Waals surface area contributed by atoms with Crippen molar-refractivity contribution in [3.05, 3.63) is 93.4 Å². The summed E-state index contributed by atoms with van der Waals surface area (Å²) in [5.74, 6) is -0.0187. The lowest BCUT2D eigenvalue weighted by atomic mass is 10.0. The summed E-state index contributed by atoms with van der Waals surface area (Å²) < 4.78 is 1.50. The lowest BCUT2D eigenvalue weighted by molar-refractivity contribution is 0.0730. The molecular formula is C23H20N4O2. The summed E-state index contributed by atoms with van der Waals surface area (Å²) in [6.45, 7) is 2.79. The van der Waals surface area contributed by atoms with E-state index in [1.165, 1.54) is 4.52 Å². The number of H-pyrrole nitrogens is 1. The Hall–Kier alpha value is -3.67. The first kappa shape index (κ1) is 17.4. The molecule has 1 aliphatic rings. The number of carbonyl (C=O) groups is 1. The minimum Gasteiger partial charge on any atom is -0.332 e. The van der Waals surface area contributed by atoms with Crippen LogP contribution in [-0.4, -0.2) is 31.9 Å². The molecule has 1 aliphatic heterocycles. The molecule has 2 aromatic heterocycles. The van der Waals surface area contributed by atoms with Gasteiger partial charge in [-0.25, -0.2) is 9.50 Å². The Bertz CT molecular complexity index is 1290. The topological polar surface area (TPSA) is 70.5 Å². The molecule has 0 radical (unpaired) electrons. The molecule has 0 saturated carbocycles. The van der Waals surface area contributed by atoms with E-state index in [-0.39, 0.29) is 11.5 Å². The predicted octanol–water partition coefficient (Wildman–Crippen LogP) is 3.20. The van der Waals surface area contributed by atoms with Crippen LogP contribution in [-0.2, 0) is 13.0 Å². The minimum atomic E-state index is -0.0878. The number of amides is 1. The second-order valence-corrected chi connectivity index (χ2v) is 7.36. The van der Waals surface area contributed by atoms with Crippen molar-refractivity contribution in [2.45, 2.75) is 19.9 Å². The molecule has 6 heteroatoms. The van der Waals surface area contributed by atoms with Crippen molar-refractivity contribution in [3.63, 3.8) is 0 Å². The molecule has 144 valence electrons. The molecule has 5 rings (SSSR count). The van der Waals surface area contributed by atoms with E-state index in [1.54, 1.807) is 4.90 Å². The number of rotatable bonds is 2. The Morgan fingerprint density at radius 1 is 1.07 bits per heavy atom. The van der Waals surface area contributed by atoms with Crippen molar-refractivity contribution in [3.8, 4) is 11.3 Å². The lowest BCUT2D eigenvalue weighted by Gasteiger charge is -2.28. The number of benzene rings is 2. The Labute approximate surface area is 167 Å². The highest BCUT2D eigenvalue weighted by Gasteiger charge is 2.26. The zero-order chi connectivity index (χ0) is 20.0. The summed E-state index contributed by atoms with van der Waals surface area (Å²) in [4.78, 5) is 32.5. The molecule has 1 amide bonds. The number of hydrogen-bond acceptors (Lipinski definition) is 3. The van der Waals surface area contributed by atoms with E-state index in [2.05, 4.69) is 5.10 Å². The maximum atomic E-state index is 13.0. The van der Waals surface area contributed by atoms with Crippen molar-refractivity contribution in [1.82, 2.24) is 19.5 Å². The van der Waals surface area contributed by atoms with E-state index in [1.807, 2.05) is 67.6 Å². The highest BCUT2D eigenvalue weighted by Crippen LogP contribution is 2.22. The van der Waals surface area contributed by atoms with Gasteiger partial charge in [0.15, 0.2) is 5.65 Å². The third kappa shape index (κ3) is 2.93. The Kier molecular flexibility index (Phi) is 4.05. The van der Waals surface area contributed by atoms with Crippen molar-refractivity contribution >= 4 is 11.6 Å². The van der Waals surface area contributed by atoms with Gasteiger partial charge in [0, 0.05) is 23.7 Å². The standard InChI is InChI=1S/C23H20N4O2/c1-15-7-5-6-10-17(15)22(28)26-12-11-18-20(14-26)24-21-13-19(25-27(21)23(18)29)16-8-3-2-4-9-16/h2-10,13,25H,11-12,14H2,1H3. The zero-order valence-corrected chi connectivity index (χ0v) is 16.1. The molecule has 2 aromatic carbocycles. The molecule has 6 nitrogen and oxygen atoms in total. The third-order valence-corrected chi connectivity index (χ3v) is 5.51. The smallest absolute Gasteiger partial charge is 0.276 e. The second kappa shape index (κ2) is 6.74. The SMILES string of the molecule is Cc1ccccc1C(=O)N1CCc2c(nc3cc(-c4ccccc4)[nH]n3c2=O)C1. The number of nitrogens with one attached hydrogen (secondary N) is 1. The molecule has 4 aromatic rings. The van der Waals surface area contributed by atoms with Crippen LogP contribution in [0.25, 0.3) is 16.9 Å². The van der Waals surface area contributed by atoms with Crippen LogP contribution in [0.3, 0.4) is 0 Å². The number of aryl methyl sites for hydroxylation is 1. The number of fused-ring (bicyclic) bond motifs is 2. The van der Waals surface area contributed by atoms with E-state index in [4.69, 9.17) is 4.98 Å². The number of carbonyl (C=O) groups excluding carboxylic acids is 1. The van der Waals surface area contributed by atoms with Crippen LogP contribution in [0.1, 0.15) is 27.2 Å². The number of aromatic nitrogens is 3. The van der Waals surface area contributed by atoms with Crippen molar-refractivity contribution < 1.29 is 4.79 Å². The molecule has 0 saturated heterocycles. The van der Waals surface area contributed by atoms with Gasteiger partial charge in [0.05, 0.1) is 17.9 Å². The molecule has 0 atom stereocenters. The van der Waals surface area contributed by atoms with Crippen LogP contribution in [0.2, 0.25) is 0 Å². The molecular weight excluding hydrogens is 364 g/mol. The average Bonchev–Trinajstić information content (AvgIpc) is 3.18. The molecule has 0 fully saturated rings. The van der Waals surface area contributed by atoms with Gasteiger partial charge in [-0.15, -0.1) is 0 Å². The van der Waals surface area contributed by atoms with E-state index >= 15 is 0 Å². The average molecular weight is 384 g/mol. The van der Waals surface area contributed by atoms with Crippen molar-refractivity contribution in [2.24, 2.45) is 0 Å². The van der Waals surface area contributed by atoms with Crippen molar-refractivity contribution in [1.29, 1.82) is 0 Å². The molecule has 0 bridgehead atoms. The van der Waals surface area contributed by atoms with Gasteiger partial charge in [-0.05, 0) is 30.5 Å². The van der Waals surface area contributed by atoms with E-state index in [0.717, 1.165) is 16.8 Å². The molecule has 0 spiro atoms. The van der Waals surface area contributed by atoms with E-state index in [9.17, 15) is 9.59 Å². The summed E-state index contributed by atoms with van der Waals surface area (Å²) >= 11 is 0. The predicted molar refractivity (Wildman–Crippen MR) is 111 cm³/mol. The van der Waals surface area contributed by atoms with Crippen molar-refractivity contribution in [2.75, 3.05) is 6.54 Å². The first-order valence-electron chi connectivity index (χ1n) is 9.65. The first-order valence-corrected chi connectivity index (χ1v) is 9.65. The van der Waals surface area contributed by atoms with Crippen LogP contribution in [0.5, 0.6) is 0 Å². The van der Waals surface area contributed by atoms with Crippen LogP contribution >= 0.6 is 0 Å². The summed E-state index contributed by atoms with van der Waals surface area (Å²) in [6, 6.07) is 19.3. The van der Waals surface area contributed by atoms with Gasteiger partial charge in [0.25, 0.3) is 11.5 Å². The molecule has 3 heterocycles. The maximum absolute atomic E-state index is 13.0. The number of nitrogens with zero attached hydrogens (tertiary/aromatic N) is 3. The van der Waals surface area contributed by atoms with Crippen LogP contribution < -0.4 is 5.56 Å². The van der Waals surface area contributed by atoms with Gasteiger partial charge in [0.1, 0.15) is 0 Å². The molecule has 0 unspecified atom stereocenters. The minimum absolute atomic E-state index is 0.0187. The summed E-state index contributed by atoms with van der Waals surface area (Å²) in [7, 11) is 0. The van der Waals surface area contributed by atoms with Crippen LogP contribution in [0, 0.1) is 6.92 Å². The fraction of sp³-hybridized carbons (Fsp3) is 0.174. The molecule has 29 heavy (non-hydrogen) atoms. The fourth-order valence-corrected chi connectivity index (χ4v) is 3.92. The van der Waals surface area contributed by atoms with Gasteiger partial charge in [-0.1, -0.05) is 48.5 Å². The van der Waals surface area contributed by atoms with Gasteiger partial charge in [-0.2, -0.15) is 0 Å². The van der Waals surface area contributed by atoms with Gasteiger partial charge in [-0.3, -0.25) is 14.7 Å². The van der Waals surface area contributed by atoms with E-state index < -0.39 is 0 Å². The quantitative estimate of drug-likeness (QED) is 0.577. The van der Waals surface area contributed by atoms with Gasteiger partial charge < -0.3 is 4.90 Å².